The first-order chi connectivity index (χ1) is 15.0. The second-order valence-electron chi connectivity index (χ2n) is 6.89. The molecule has 1 atom stereocenters. The van der Waals surface area contributed by atoms with Crippen molar-refractivity contribution in [2.24, 2.45) is 0 Å². The van der Waals surface area contributed by atoms with Crippen molar-refractivity contribution in [3.05, 3.63) is 88.4 Å². The lowest BCUT2D eigenvalue weighted by molar-refractivity contribution is 0.0891. The number of Topliss-reactive ketones (excluding diaryl/α,β-unsaturated/α-hetero) is 2. The Hall–Kier alpha value is -3.31. The summed E-state index contributed by atoms with van der Waals surface area (Å²) >= 11 is 6.05. The summed E-state index contributed by atoms with van der Waals surface area (Å²) < 4.78 is 15.7. The minimum atomic E-state index is -0.699. The van der Waals surface area contributed by atoms with Gasteiger partial charge in [0.2, 0.25) is 0 Å². The summed E-state index contributed by atoms with van der Waals surface area (Å²) in [6.07, 6.45) is 0.00325. The number of carbonyl (C=O) groups is 2. The number of ether oxygens (including phenoxy) is 3. The highest BCUT2D eigenvalue weighted by Crippen LogP contribution is 2.32. The molecule has 0 saturated carbocycles. The van der Waals surface area contributed by atoms with Crippen LogP contribution in [0.1, 0.15) is 38.6 Å². The molecule has 0 radical (unpaired) electrons. The molecule has 1 unspecified atom stereocenters. The van der Waals surface area contributed by atoms with Crippen LogP contribution in [0.25, 0.3) is 0 Å². The Morgan fingerprint density at radius 3 is 1.94 bits per heavy atom. The minimum Gasteiger partial charge on any atom is -0.497 e. The molecule has 3 rings (SSSR count). The molecule has 6 heteroatoms. The van der Waals surface area contributed by atoms with Crippen LogP contribution < -0.4 is 14.2 Å². The van der Waals surface area contributed by atoms with Gasteiger partial charge in [-0.2, -0.15) is 0 Å². The van der Waals surface area contributed by atoms with Gasteiger partial charge in [0.15, 0.2) is 11.6 Å². The molecule has 0 aliphatic heterocycles. The van der Waals surface area contributed by atoms with Gasteiger partial charge in [0.05, 0.1) is 32.8 Å². The molecule has 0 fully saturated rings. The summed E-state index contributed by atoms with van der Waals surface area (Å²) in [4.78, 5) is 26.6. The fourth-order valence-electron chi connectivity index (χ4n) is 3.33. The number of halogens is 1. The van der Waals surface area contributed by atoms with Crippen molar-refractivity contribution in [1.82, 2.24) is 0 Å². The van der Waals surface area contributed by atoms with Crippen LogP contribution in [0.4, 0.5) is 0 Å². The Bertz CT molecular complexity index is 1060. The summed E-state index contributed by atoms with van der Waals surface area (Å²) in [5, 5.41) is 0.462. The number of hydrogen-bond donors (Lipinski definition) is 0. The largest absolute Gasteiger partial charge is 0.497 e. The SMILES string of the molecule is COc1ccc(C(=O)CC(C(=O)c2ccc(Cl)cc2OC)c2ccc(OC)cc2)cc1. The van der Waals surface area contributed by atoms with Gasteiger partial charge in [0.25, 0.3) is 0 Å². The van der Waals surface area contributed by atoms with Gasteiger partial charge in [-0.3, -0.25) is 9.59 Å². The quantitative estimate of drug-likeness (QED) is 0.406. The Morgan fingerprint density at radius 2 is 1.39 bits per heavy atom. The van der Waals surface area contributed by atoms with Gasteiger partial charge in [-0.25, -0.2) is 0 Å². The van der Waals surface area contributed by atoms with E-state index in [4.69, 9.17) is 25.8 Å². The van der Waals surface area contributed by atoms with E-state index in [-0.39, 0.29) is 18.0 Å². The van der Waals surface area contributed by atoms with Gasteiger partial charge in [0.1, 0.15) is 17.2 Å². The zero-order valence-corrected chi connectivity index (χ0v) is 18.3. The number of methoxy groups -OCH3 is 3. The van der Waals surface area contributed by atoms with Gasteiger partial charge < -0.3 is 14.2 Å². The fourth-order valence-corrected chi connectivity index (χ4v) is 3.50. The maximum atomic E-state index is 13.5. The predicted octanol–water partition coefficient (Wildman–Crippen LogP) is 5.61. The first-order valence-electron chi connectivity index (χ1n) is 9.65. The first kappa shape index (κ1) is 22.4. The summed E-state index contributed by atoms with van der Waals surface area (Å²) in [5.41, 5.74) is 1.59. The summed E-state index contributed by atoms with van der Waals surface area (Å²) in [6, 6.07) is 18.8. The van der Waals surface area contributed by atoms with E-state index < -0.39 is 5.92 Å². The summed E-state index contributed by atoms with van der Waals surface area (Å²) in [5.74, 6) is 0.625. The average molecular weight is 439 g/mol. The topological polar surface area (TPSA) is 61.8 Å². The Kier molecular flexibility index (Phi) is 7.32. The van der Waals surface area contributed by atoms with Crippen LogP contribution in [0.2, 0.25) is 5.02 Å². The molecule has 0 heterocycles. The fraction of sp³-hybridized carbons (Fsp3) is 0.200. The highest BCUT2D eigenvalue weighted by molar-refractivity contribution is 6.31. The molecule has 5 nitrogen and oxygen atoms in total. The molecule has 3 aromatic carbocycles. The van der Waals surface area contributed by atoms with Crippen molar-refractivity contribution in [2.45, 2.75) is 12.3 Å². The summed E-state index contributed by atoms with van der Waals surface area (Å²) in [6.45, 7) is 0. The lowest BCUT2D eigenvalue weighted by Crippen LogP contribution is -2.18. The second kappa shape index (κ2) is 10.1. The van der Waals surface area contributed by atoms with Crippen LogP contribution >= 0.6 is 11.6 Å². The predicted molar refractivity (Wildman–Crippen MR) is 120 cm³/mol. The average Bonchev–Trinajstić information content (AvgIpc) is 2.82. The van der Waals surface area contributed by atoms with Crippen molar-refractivity contribution in [3.63, 3.8) is 0 Å². The van der Waals surface area contributed by atoms with E-state index in [0.717, 1.165) is 0 Å². The zero-order valence-electron chi connectivity index (χ0n) is 17.6. The number of ketones is 2. The van der Waals surface area contributed by atoms with E-state index in [9.17, 15) is 9.59 Å². The highest BCUT2D eigenvalue weighted by Gasteiger charge is 2.28. The molecule has 0 aliphatic rings. The van der Waals surface area contributed by atoms with Gasteiger partial charge in [-0.1, -0.05) is 23.7 Å². The molecule has 0 aromatic heterocycles. The van der Waals surface area contributed by atoms with Crippen molar-refractivity contribution >= 4 is 23.2 Å². The van der Waals surface area contributed by atoms with Gasteiger partial charge in [0, 0.05) is 17.0 Å². The Morgan fingerprint density at radius 1 is 0.806 bits per heavy atom. The van der Waals surface area contributed by atoms with Crippen LogP contribution in [-0.4, -0.2) is 32.9 Å². The normalized spacial score (nSPS) is 11.5. The van der Waals surface area contributed by atoms with Crippen LogP contribution in [-0.2, 0) is 0 Å². The molecule has 0 aliphatic carbocycles. The molecule has 0 bridgehead atoms. The first-order valence-corrected chi connectivity index (χ1v) is 10.0. The third kappa shape index (κ3) is 5.25. The number of benzene rings is 3. The standard InChI is InChI=1S/C25H23ClO5/c1-29-19-9-4-16(5-10-19)22(15-23(27)17-6-11-20(30-2)12-7-17)25(28)21-13-8-18(26)14-24(21)31-3/h4-14,22H,15H2,1-3H3. The van der Waals surface area contributed by atoms with E-state index in [1.807, 2.05) is 0 Å². The number of hydrogen-bond acceptors (Lipinski definition) is 5. The zero-order chi connectivity index (χ0) is 22.4. The lowest BCUT2D eigenvalue weighted by atomic mass is 9.85. The van der Waals surface area contributed by atoms with E-state index in [1.54, 1.807) is 80.9 Å². The van der Waals surface area contributed by atoms with Crippen molar-refractivity contribution in [3.8, 4) is 17.2 Å². The van der Waals surface area contributed by atoms with Crippen molar-refractivity contribution in [1.29, 1.82) is 0 Å². The highest BCUT2D eigenvalue weighted by atomic mass is 35.5. The van der Waals surface area contributed by atoms with Gasteiger partial charge >= 0.3 is 0 Å². The maximum Gasteiger partial charge on any atom is 0.174 e. The van der Waals surface area contributed by atoms with E-state index in [2.05, 4.69) is 0 Å². The minimum absolute atomic E-state index is 0.00325. The molecule has 31 heavy (non-hydrogen) atoms. The van der Waals surface area contributed by atoms with Gasteiger partial charge in [-0.05, 0) is 60.2 Å². The molecule has 0 spiro atoms. The van der Waals surface area contributed by atoms with Crippen LogP contribution in [0, 0.1) is 0 Å². The van der Waals surface area contributed by atoms with E-state index >= 15 is 0 Å². The Balaban J connectivity index is 1.97. The van der Waals surface area contributed by atoms with E-state index in [1.165, 1.54) is 7.11 Å². The van der Waals surface area contributed by atoms with Crippen LogP contribution in [0.15, 0.2) is 66.7 Å². The molecular weight excluding hydrogens is 416 g/mol. The van der Waals surface area contributed by atoms with Crippen LogP contribution in [0.3, 0.4) is 0 Å². The maximum absolute atomic E-state index is 13.5. The Labute approximate surface area is 186 Å². The van der Waals surface area contributed by atoms with Crippen LogP contribution in [0.5, 0.6) is 17.2 Å². The number of rotatable bonds is 9. The van der Waals surface area contributed by atoms with Crippen molar-refractivity contribution < 1.29 is 23.8 Å². The second-order valence-corrected chi connectivity index (χ2v) is 7.33. The molecule has 0 N–H and O–H groups in total. The summed E-state index contributed by atoms with van der Waals surface area (Å²) in [7, 11) is 4.62. The smallest absolute Gasteiger partial charge is 0.174 e. The third-order valence-electron chi connectivity index (χ3n) is 5.07. The van der Waals surface area contributed by atoms with Gasteiger partial charge in [-0.15, -0.1) is 0 Å². The monoisotopic (exact) mass is 438 g/mol. The molecule has 0 amide bonds. The third-order valence-corrected chi connectivity index (χ3v) is 5.30. The molecule has 160 valence electrons. The van der Waals surface area contributed by atoms with Crippen molar-refractivity contribution in [2.75, 3.05) is 21.3 Å². The molecular formula is C25H23ClO5. The molecule has 3 aromatic rings. The van der Waals surface area contributed by atoms with E-state index in [0.29, 0.717) is 39.0 Å². The molecule has 0 saturated heterocycles. The number of carbonyl (C=O) groups excluding carboxylic acids is 2. The lowest BCUT2D eigenvalue weighted by Gasteiger charge is -2.18.